The summed E-state index contributed by atoms with van der Waals surface area (Å²) in [7, 11) is -3.61. The summed E-state index contributed by atoms with van der Waals surface area (Å²) in [5.74, 6) is -0.0543. The van der Waals surface area contributed by atoms with Crippen molar-refractivity contribution in [3.8, 4) is 0 Å². The molecular weight excluding hydrogens is 472 g/mol. The molecule has 0 aliphatic carbocycles. The molecule has 1 saturated heterocycles. The summed E-state index contributed by atoms with van der Waals surface area (Å²) in [5.41, 5.74) is 1.96. The fourth-order valence-corrected chi connectivity index (χ4v) is 5.97. The van der Waals surface area contributed by atoms with E-state index in [1.165, 1.54) is 16.1 Å². The number of thioether (sulfide) groups is 1. The molecule has 11 heteroatoms. The number of carbonyl (C=O) groups excluding carboxylic acids is 1. The fraction of sp³-hybridized carbons (Fsp3) is 0.333. The van der Waals surface area contributed by atoms with Gasteiger partial charge < -0.3 is 14.6 Å². The third-order valence-electron chi connectivity index (χ3n) is 5.09. The van der Waals surface area contributed by atoms with Crippen molar-refractivity contribution in [3.05, 3.63) is 47.5 Å². The predicted octanol–water partition coefficient (Wildman–Crippen LogP) is 3.46. The van der Waals surface area contributed by atoms with Crippen molar-refractivity contribution in [1.29, 1.82) is 0 Å². The van der Waals surface area contributed by atoms with Crippen LogP contribution in [0.1, 0.15) is 6.92 Å². The molecule has 1 aliphatic rings. The number of aryl methyl sites for hydroxylation is 1. The zero-order valence-electron chi connectivity index (χ0n) is 17.5. The van der Waals surface area contributed by atoms with Gasteiger partial charge in [-0.25, -0.2) is 13.4 Å². The Morgan fingerprint density at radius 2 is 1.97 bits per heavy atom. The molecule has 8 nitrogen and oxygen atoms in total. The number of nitrogens with one attached hydrogen (secondary N) is 1. The molecule has 1 aromatic heterocycles. The molecule has 0 radical (unpaired) electrons. The number of amides is 1. The number of carbonyl (C=O) groups is 1. The second-order valence-corrected chi connectivity index (χ2v) is 10.4. The van der Waals surface area contributed by atoms with E-state index in [0.29, 0.717) is 54.2 Å². The van der Waals surface area contributed by atoms with Gasteiger partial charge in [0.2, 0.25) is 15.9 Å². The van der Waals surface area contributed by atoms with Crippen molar-refractivity contribution in [2.75, 3.05) is 37.4 Å². The maximum Gasteiger partial charge on any atom is 0.243 e. The Bertz CT molecular complexity index is 1240. The van der Waals surface area contributed by atoms with Crippen LogP contribution in [0.5, 0.6) is 0 Å². The summed E-state index contributed by atoms with van der Waals surface area (Å²) in [6.07, 6.45) is 0. The van der Waals surface area contributed by atoms with Crippen LogP contribution in [0.15, 0.2) is 52.5 Å². The first-order valence-electron chi connectivity index (χ1n) is 10.2. The summed E-state index contributed by atoms with van der Waals surface area (Å²) in [6, 6.07) is 12.0. The molecule has 0 spiro atoms. The number of fused-ring (bicyclic) bond motifs is 1. The Balaban J connectivity index is 1.53. The van der Waals surface area contributed by atoms with E-state index in [1.54, 1.807) is 42.5 Å². The van der Waals surface area contributed by atoms with Crippen molar-refractivity contribution in [3.63, 3.8) is 0 Å². The molecule has 170 valence electrons. The Hall–Kier alpha value is -2.11. The third-order valence-corrected chi connectivity index (χ3v) is 8.29. The molecule has 2 heterocycles. The number of halogens is 1. The van der Waals surface area contributed by atoms with Gasteiger partial charge in [0, 0.05) is 19.6 Å². The lowest BCUT2D eigenvalue weighted by molar-refractivity contribution is -0.113. The van der Waals surface area contributed by atoms with Gasteiger partial charge in [-0.15, -0.1) is 0 Å². The number of morpholine rings is 1. The normalized spacial score (nSPS) is 15.2. The van der Waals surface area contributed by atoms with Crippen molar-refractivity contribution in [1.82, 2.24) is 13.9 Å². The number of aromatic nitrogens is 2. The Labute approximate surface area is 195 Å². The number of rotatable bonds is 7. The summed E-state index contributed by atoms with van der Waals surface area (Å²) >= 11 is 7.39. The van der Waals surface area contributed by atoms with E-state index in [2.05, 4.69) is 10.3 Å². The largest absolute Gasteiger partial charge is 0.379 e. The maximum atomic E-state index is 13.0. The van der Waals surface area contributed by atoms with E-state index in [-0.39, 0.29) is 16.6 Å². The lowest BCUT2D eigenvalue weighted by Crippen LogP contribution is -2.40. The topological polar surface area (TPSA) is 93.5 Å². The number of benzene rings is 2. The second-order valence-electron chi connectivity index (χ2n) is 7.12. The molecule has 1 fully saturated rings. The van der Waals surface area contributed by atoms with Gasteiger partial charge in [-0.2, -0.15) is 4.31 Å². The van der Waals surface area contributed by atoms with Gasteiger partial charge in [0.05, 0.1) is 45.6 Å². The van der Waals surface area contributed by atoms with Crippen molar-refractivity contribution in [2.45, 2.75) is 23.5 Å². The molecule has 4 rings (SSSR count). The molecule has 0 bridgehead atoms. The van der Waals surface area contributed by atoms with Gasteiger partial charge in [0.1, 0.15) is 0 Å². The number of imidazole rings is 1. The highest BCUT2D eigenvalue weighted by Crippen LogP contribution is 2.28. The minimum atomic E-state index is -3.61. The second kappa shape index (κ2) is 9.80. The summed E-state index contributed by atoms with van der Waals surface area (Å²) in [6.45, 7) is 4.08. The van der Waals surface area contributed by atoms with Gasteiger partial charge in [0.15, 0.2) is 5.16 Å². The molecule has 0 unspecified atom stereocenters. The van der Waals surface area contributed by atoms with Crippen molar-refractivity contribution in [2.24, 2.45) is 0 Å². The van der Waals surface area contributed by atoms with Crippen LogP contribution in [-0.4, -0.2) is 60.2 Å². The zero-order valence-corrected chi connectivity index (χ0v) is 19.8. The lowest BCUT2D eigenvalue weighted by Gasteiger charge is -2.26. The Kier molecular flexibility index (Phi) is 7.06. The molecule has 1 N–H and O–H groups in total. The monoisotopic (exact) mass is 494 g/mol. The number of sulfonamides is 1. The van der Waals surface area contributed by atoms with Gasteiger partial charge in [-0.1, -0.05) is 35.5 Å². The van der Waals surface area contributed by atoms with Crippen LogP contribution >= 0.6 is 23.4 Å². The summed E-state index contributed by atoms with van der Waals surface area (Å²) in [4.78, 5) is 17.2. The quantitative estimate of drug-likeness (QED) is 0.505. The minimum absolute atomic E-state index is 0.146. The van der Waals surface area contributed by atoms with Crippen molar-refractivity contribution < 1.29 is 17.9 Å². The lowest BCUT2D eigenvalue weighted by atomic mass is 10.3. The van der Waals surface area contributed by atoms with Crippen LogP contribution in [0.4, 0.5) is 5.69 Å². The number of ether oxygens (including phenoxy) is 1. The standard InChI is InChI=1S/C21H23ClN4O4S2/c1-2-26-19-8-7-15(32(28,29)25-9-11-30-12-10-25)13-18(19)24-21(26)31-14-20(27)23-17-6-4-3-5-16(17)22/h3-8,13H,2,9-12,14H2,1H3,(H,23,27). The van der Waals surface area contributed by atoms with E-state index >= 15 is 0 Å². The molecule has 1 amide bonds. The molecule has 0 saturated carbocycles. The van der Waals surface area contributed by atoms with Gasteiger partial charge in [0.25, 0.3) is 0 Å². The van der Waals surface area contributed by atoms with Crippen molar-refractivity contribution >= 4 is 56.0 Å². The summed E-state index contributed by atoms with van der Waals surface area (Å²) < 4.78 is 34.6. The van der Waals surface area contributed by atoms with E-state index in [9.17, 15) is 13.2 Å². The number of para-hydroxylation sites is 1. The molecule has 3 aromatic rings. The van der Waals surface area contributed by atoms with Gasteiger partial charge >= 0.3 is 0 Å². The molecule has 1 aliphatic heterocycles. The molecular formula is C21H23ClN4O4S2. The van der Waals surface area contributed by atoms with Crippen LogP contribution in [0, 0.1) is 0 Å². The number of hydrogen-bond acceptors (Lipinski definition) is 6. The number of anilines is 1. The Morgan fingerprint density at radius 1 is 1.22 bits per heavy atom. The zero-order chi connectivity index (χ0) is 22.7. The first-order valence-corrected chi connectivity index (χ1v) is 13.0. The number of nitrogens with zero attached hydrogens (tertiary/aromatic N) is 3. The first kappa shape index (κ1) is 23.1. The predicted molar refractivity (Wildman–Crippen MR) is 126 cm³/mol. The molecule has 2 aromatic carbocycles. The van der Waals surface area contributed by atoms with Crippen LogP contribution in [0.2, 0.25) is 5.02 Å². The first-order chi connectivity index (χ1) is 15.4. The average Bonchev–Trinajstić information content (AvgIpc) is 3.16. The van der Waals surface area contributed by atoms with Crippen LogP contribution in [0.3, 0.4) is 0 Å². The molecule has 32 heavy (non-hydrogen) atoms. The van der Waals surface area contributed by atoms with Crippen LogP contribution < -0.4 is 5.32 Å². The highest BCUT2D eigenvalue weighted by molar-refractivity contribution is 7.99. The van der Waals surface area contributed by atoms with E-state index in [0.717, 1.165) is 5.52 Å². The van der Waals surface area contributed by atoms with E-state index in [1.807, 2.05) is 11.5 Å². The third kappa shape index (κ3) is 4.79. The van der Waals surface area contributed by atoms with E-state index < -0.39 is 10.0 Å². The minimum Gasteiger partial charge on any atom is -0.379 e. The average molecular weight is 495 g/mol. The maximum absolute atomic E-state index is 13.0. The number of hydrogen-bond donors (Lipinski definition) is 1. The highest BCUT2D eigenvalue weighted by Gasteiger charge is 2.27. The van der Waals surface area contributed by atoms with Gasteiger partial charge in [-0.05, 0) is 37.3 Å². The summed E-state index contributed by atoms with van der Waals surface area (Å²) in [5, 5.41) is 3.92. The van der Waals surface area contributed by atoms with Crippen LogP contribution in [-0.2, 0) is 26.1 Å². The fourth-order valence-electron chi connectivity index (χ4n) is 3.48. The smallest absolute Gasteiger partial charge is 0.243 e. The van der Waals surface area contributed by atoms with E-state index in [4.69, 9.17) is 16.3 Å². The SMILES string of the molecule is CCn1c(SCC(=O)Nc2ccccc2Cl)nc2cc(S(=O)(=O)N3CCOCC3)ccc21. The van der Waals surface area contributed by atoms with Gasteiger partial charge in [-0.3, -0.25) is 4.79 Å². The molecule has 0 atom stereocenters. The highest BCUT2D eigenvalue weighted by atomic mass is 35.5. The Morgan fingerprint density at radius 3 is 2.69 bits per heavy atom. The van der Waals surface area contributed by atoms with Crippen LogP contribution in [0.25, 0.3) is 11.0 Å².